The lowest BCUT2D eigenvalue weighted by Gasteiger charge is -2.39. The number of methoxy groups -OCH3 is 1. The summed E-state index contributed by atoms with van der Waals surface area (Å²) in [6.45, 7) is 13.7. The van der Waals surface area contributed by atoms with Crippen LogP contribution in [0.5, 0.6) is 0 Å². The number of carbonyl (C=O) groups excluding carboxylic acids is 5. The highest BCUT2D eigenvalue weighted by atomic mass is 16.6. The van der Waals surface area contributed by atoms with Crippen molar-refractivity contribution in [2.24, 2.45) is 16.8 Å². The molecule has 19 nitrogen and oxygen atoms in total. The first-order chi connectivity index (χ1) is 27.3. The zero-order valence-electron chi connectivity index (χ0n) is 34.9. The summed E-state index contributed by atoms with van der Waals surface area (Å²) in [5, 5.41) is 19.1. The fraction of sp³-hybridized carbons (Fsp3) is 0.744. The Bertz CT molecular complexity index is 1410. The molecule has 0 bridgehead atoms. The Morgan fingerprint density at radius 3 is 2.03 bits per heavy atom. The molecule has 4 N–H and O–H groups in total. The molecule has 1 aliphatic carbocycles. The second kappa shape index (κ2) is 25.1. The lowest BCUT2D eigenvalue weighted by molar-refractivity contribution is -0.153. The molecular formula is C39H62N4O15. The molecule has 0 unspecified atom stereocenters. The minimum atomic E-state index is -1.53. The third kappa shape index (κ3) is 20.8. The highest BCUT2D eigenvalue weighted by molar-refractivity contribution is 6.04. The number of esters is 2. The Labute approximate surface area is 340 Å². The van der Waals surface area contributed by atoms with Crippen LogP contribution < -0.4 is 16.0 Å². The summed E-state index contributed by atoms with van der Waals surface area (Å²) in [5.41, 5.74) is -1.74. The molecule has 0 aromatic heterocycles. The van der Waals surface area contributed by atoms with E-state index in [0.29, 0.717) is 26.4 Å². The second-order valence-corrected chi connectivity index (χ2v) is 15.4. The van der Waals surface area contributed by atoms with Crippen molar-refractivity contribution in [3.05, 3.63) is 11.8 Å². The number of aliphatic hydroxyl groups is 1. The molecule has 1 saturated carbocycles. The van der Waals surface area contributed by atoms with Crippen molar-refractivity contribution in [1.29, 1.82) is 0 Å². The van der Waals surface area contributed by atoms with Crippen molar-refractivity contribution < 1.29 is 71.7 Å². The van der Waals surface area contributed by atoms with Gasteiger partial charge in [0.1, 0.15) is 42.3 Å². The first-order valence-electron chi connectivity index (χ1n) is 19.2. The van der Waals surface area contributed by atoms with Crippen LogP contribution in [0.3, 0.4) is 0 Å². The number of aliphatic hydroxyl groups excluding tert-OH is 1. The van der Waals surface area contributed by atoms with Crippen LogP contribution >= 0.6 is 0 Å². The van der Waals surface area contributed by atoms with Crippen molar-refractivity contribution in [3.63, 3.8) is 0 Å². The van der Waals surface area contributed by atoms with Crippen LogP contribution in [0.15, 0.2) is 16.8 Å². The standard InChI is InChI=1S/C39H62N4O15/c1-10-14-51-16-18-53-20-21-54-19-17-52-15-13-40-36(48)56-33(28(44)24-41-34(46)26-11-12-26)32-25(2)27(22-29(55-32)35(47)50-9)42-30(23-31(45)57-38(3,4)5)43-37(49)58-39(6,7)8/h1,22,25-28,32-33,44H,11-21,23-24H2,2-9H3,(H,40,48)(H,41,46)(H,42,43,49)/t25-,27+,28-,32-,33-/m1/s1. The molecule has 2 rings (SSSR count). The summed E-state index contributed by atoms with van der Waals surface area (Å²) in [7, 11) is 1.13. The van der Waals surface area contributed by atoms with E-state index in [-0.39, 0.29) is 62.9 Å². The quantitative estimate of drug-likeness (QED) is 0.0287. The maximum atomic E-state index is 13.1. The van der Waals surface area contributed by atoms with Crippen LogP contribution in [-0.4, -0.2) is 150 Å². The van der Waals surface area contributed by atoms with Crippen molar-refractivity contribution in [1.82, 2.24) is 16.0 Å². The van der Waals surface area contributed by atoms with Crippen LogP contribution in [0.2, 0.25) is 0 Å². The maximum absolute atomic E-state index is 13.1. The Morgan fingerprint density at radius 2 is 1.48 bits per heavy atom. The maximum Gasteiger partial charge on any atom is 0.413 e. The molecule has 58 heavy (non-hydrogen) atoms. The van der Waals surface area contributed by atoms with Gasteiger partial charge in [0.25, 0.3) is 0 Å². The number of rotatable bonds is 23. The third-order valence-corrected chi connectivity index (χ3v) is 7.91. The zero-order chi connectivity index (χ0) is 43.3. The summed E-state index contributed by atoms with van der Waals surface area (Å²) in [6, 6.07) is -1.03. The lowest BCUT2D eigenvalue weighted by atomic mass is 9.87. The van der Waals surface area contributed by atoms with Crippen molar-refractivity contribution >= 4 is 35.9 Å². The molecule has 328 valence electrons. The van der Waals surface area contributed by atoms with Gasteiger partial charge in [-0.25, -0.2) is 14.4 Å². The molecule has 0 aromatic rings. The van der Waals surface area contributed by atoms with Crippen LogP contribution in [0.4, 0.5) is 9.59 Å². The third-order valence-electron chi connectivity index (χ3n) is 7.91. The summed E-state index contributed by atoms with van der Waals surface area (Å²) in [4.78, 5) is 68.9. The largest absolute Gasteiger partial charge is 0.479 e. The molecule has 0 aromatic carbocycles. The number of terminal acetylenes is 1. The van der Waals surface area contributed by atoms with E-state index in [1.165, 1.54) is 6.08 Å². The summed E-state index contributed by atoms with van der Waals surface area (Å²) in [5.74, 6) is -0.993. The molecule has 3 amide bonds. The molecule has 0 spiro atoms. The smallest absolute Gasteiger partial charge is 0.413 e. The van der Waals surface area contributed by atoms with Crippen LogP contribution in [-0.2, 0) is 57.0 Å². The van der Waals surface area contributed by atoms with E-state index < -0.39 is 72.0 Å². The van der Waals surface area contributed by atoms with Crippen LogP contribution in [0.25, 0.3) is 0 Å². The van der Waals surface area contributed by atoms with E-state index in [4.69, 9.17) is 49.1 Å². The minimum Gasteiger partial charge on any atom is -0.479 e. The number of amidine groups is 1. The van der Waals surface area contributed by atoms with Crippen molar-refractivity contribution in [3.8, 4) is 12.3 Å². The Morgan fingerprint density at radius 1 is 0.897 bits per heavy atom. The predicted octanol–water partition coefficient (Wildman–Crippen LogP) is 1.78. The van der Waals surface area contributed by atoms with E-state index in [1.54, 1.807) is 48.5 Å². The van der Waals surface area contributed by atoms with Gasteiger partial charge in [-0.15, -0.1) is 6.42 Å². The Kier molecular flexibility index (Phi) is 21.5. The number of aliphatic imine (C=N–C) groups is 1. The summed E-state index contributed by atoms with van der Waals surface area (Å²) < 4.78 is 48.9. The van der Waals surface area contributed by atoms with Gasteiger partial charge in [-0.05, 0) is 60.5 Å². The predicted molar refractivity (Wildman–Crippen MR) is 207 cm³/mol. The van der Waals surface area contributed by atoms with E-state index in [9.17, 15) is 29.1 Å². The lowest BCUT2D eigenvalue weighted by Crippen LogP contribution is -2.54. The van der Waals surface area contributed by atoms with Gasteiger partial charge in [-0.2, -0.15) is 0 Å². The molecule has 5 atom stereocenters. The van der Waals surface area contributed by atoms with Crippen LogP contribution in [0.1, 0.15) is 67.7 Å². The first-order valence-corrected chi connectivity index (χ1v) is 19.2. The molecule has 1 aliphatic heterocycles. The van der Waals surface area contributed by atoms with Gasteiger partial charge in [0.15, 0.2) is 6.10 Å². The van der Waals surface area contributed by atoms with Gasteiger partial charge in [-0.1, -0.05) is 12.8 Å². The second-order valence-electron chi connectivity index (χ2n) is 15.4. The van der Waals surface area contributed by atoms with Gasteiger partial charge >= 0.3 is 24.1 Å². The van der Waals surface area contributed by atoms with Gasteiger partial charge in [-0.3, -0.25) is 19.9 Å². The zero-order valence-corrected chi connectivity index (χ0v) is 34.9. The molecule has 0 radical (unpaired) electrons. The Hall–Kier alpha value is -4.48. The van der Waals surface area contributed by atoms with Crippen molar-refractivity contribution in [2.75, 3.05) is 73.1 Å². The number of nitrogens with zero attached hydrogens (tertiary/aromatic N) is 1. The normalized spacial score (nSPS) is 19.3. The highest BCUT2D eigenvalue weighted by Gasteiger charge is 2.45. The molecule has 19 heteroatoms. The van der Waals surface area contributed by atoms with Gasteiger partial charge in [0, 0.05) is 24.9 Å². The average molecular weight is 827 g/mol. The Balaban J connectivity index is 2.21. The highest BCUT2D eigenvalue weighted by Crippen LogP contribution is 2.32. The fourth-order valence-electron chi connectivity index (χ4n) is 5.13. The number of hydrogen-bond donors (Lipinski definition) is 4. The van der Waals surface area contributed by atoms with E-state index in [2.05, 4.69) is 26.9 Å². The number of amides is 3. The molecular weight excluding hydrogens is 764 g/mol. The van der Waals surface area contributed by atoms with Crippen molar-refractivity contribution in [2.45, 2.75) is 103 Å². The number of alkyl carbamates (subject to hydrolysis) is 2. The number of hydrogen-bond acceptors (Lipinski definition) is 16. The topological polar surface area (TPSA) is 237 Å². The molecule has 0 saturated heterocycles. The number of nitrogens with one attached hydrogen (secondary N) is 3. The monoisotopic (exact) mass is 826 g/mol. The number of carbonyl (C=O) groups is 5. The SMILES string of the molecule is C#CCOCCOCCOCCOCCNC(=O)O[C@@H]([C@@H]1OC(C(=O)OC)=C[C@H](N=C(CC(=O)OC(C)(C)C)NC(=O)OC(C)(C)C)[C@H]1C)[C@H](O)CNC(=O)C1CC1. The summed E-state index contributed by atoms with van der Waals surface area (Å²) >= 11 is 0. The van der Waals surface area contributed by atoms with Crippen LogP contribution in [0, 0.1) is 24.2 Å². The fourth-order valence-corrected chi connectivity index (χ4v) is 5.13. The van der Waals surface area contributed by atoms with E-state index in [0.717, 1.165) is 20.0 Å². The van der Waals surface area contributed by atoms with Gasteiger partial charge < -0.3 is 58.4 Å². The summed E-state index contributed by atoms with van der Waals surface area (Å²) in [6.07, 6.45) is 1.23. The van der Waals surface area contributed by atoms with Gasteiger partial charge in [0.05, 0.1) is 59.4 Å². The minimum absolute atomic E-state index is 0.0203. The average Bonchev–Trinajstić information content (AvgIpc) is 3.98. The molecule has 2 aliphatic rings. The first kappa shape index (κ1) is 49.7. The van der Waals surface area contributed by atoms with E-state index >= 15 is 0 Å². The van der Waals surface area contributed by atoms with Gasteiger partial charge in [0.2, 0.25) is 11.7 Å². The number of ether oxygens (including phenoxy) is 9. The van der Waals surface area contributed by atoms with E-state index in [1.807, 2.05) is 0 Å². The molecule has 1 fully saturated rings. The molecule has 1 heterocycles.